The van der Waals surface area contributed by atoms with Crippen LogP contribution in [0, 0.1) is 5.82 Å². The predicted molar refractivity (Wildman–Crippen MR) is 147 cm³/mol. The van der Waals surface area contributed by atoms with Gasteiger partial charge < -0.3 is 19.1 Å². The highest BCUT2D eigenvalue weighted by molar-refractivity contribution is 6.07. The number of benzene rings is 2. The van der Waals surface area contributed by atoms with Gasteiger partial charge in [0.25, 0.3) is 0 Å². The van der Waals surface area contributed by atoms with Crippen molar-refractivity contribution in [3.05, 3.63) is 53.3 Å². The van der Waals surface area contributed by atoms with E-state index in [4.69, 9.17) is 4.74 Å². The molecule has 2 aromatic carbocycles. The Morgan fingerprint density at radius 1 is 0.974 bits per heavy atom. The first-order valence-electron chi connectivity index (χ1n) is 14.1. The van der Waals surface area contributed by atoms with E-state index in [0.29, 0.717) is 29.9 Å². The number of likely N-dealkylation sites (tertiary alicyclic amines) is 1. The van der Waals surface area contributed by atoms with Crippen molar-refractivity contribution < 1.29 is 23.5 Å². The van der Waals surface area contributed by atoms with Crippen LogP contribution < -0.4 is 4.90 Å². The topological polar surface area (TPSA) is 71.8 Å². The lowest BCUT2D eigenvalue weighted by molar-refractivity contribution is -0.132. The van der Waals surface area contributed by atoms with Crippen LogP contribution in [0.25, 0.3) is 22.2 Å². The van der Waals surface area contributed by atoms with E-state index in [-0.39, 0.29) is 30.8 Å². The van der Waals surface area contributed by atoms with E-state index in [1.165, 1.54) is 30.6 Å². The maximum absolute atomic E-state index is 14.9. The summed E-state index contributed by atoms with van der Waals surface area (Å²) in [6, 6.07) is 9.96. The average molecular weight is 532 g/mol. The van der Waals surface area contributed by atoms with E-state index in [2.05, 4.69) is 0 Å². The minimum atomic E-state index is -0.452. The molecule has 7 nitrogen and oxygen atoms in total. The molecule has 0 unspecified atom stereocenters. The molecule has 0 bridgehead atoms. The molecule has 8 heteroatoms. The fourth-order valence-corrected chi connectivity index (χ4v) is 6.72. The maximum atomic E-state index is 14.9. The number of aromatic nitrogens is 1. The van der Waals surface area contributed by atoms with Gasteiger partial charge >= 0.3 is 5.97 Å². The molecule has 2 fully saturated rings. The van der Waals surface area contributed by atoms with Crippen LogP contribution in [0.15, 0.2) is 36.4 Å². The first kappa shape index (κ1) is 25.6. The van der Waals surface area contributed by atoms with Crippen molar-refractivity contribution in [1.29, 1.82) is 0 Å². The van der Waals surface area contributed by atoms with E-state index < -0.39 is 11.8 Å². The molecular formula is C31H34FN3O4. The molecule has 0 spiro atoms. The van der Waals surface area contributed by atoms with Crippen molar-refractivity contribution in [3.63, 3.8) is 0 Å². The number of nitrogens with zero attached hydrogens (tertiary/aromatic N) is 3. The van der Waals surface area contributed by atoms with Gasteiger partial charge in [0.1, 0.15) is 18.9 Å². The van der Waals surface area contributed by atoms with Crippen LogP contribution in [0.4, 0.5) is 10.1 Å². The number of piperidine rings is 1. The van der Waals surface area contributed by atoms with Gasteiger partial charge in [-0.05, 0) is 73.9 Å². The summed E-state index contributed by atoms with van der Waals surface area (Å²) >= 11 is 0. The van der Waals surface area contributed by atoms with Crippen LogP contribution in [0.3, 0.4) is 0 Å². The Balaban J connectivity index is 1.54. The number of carbonyl (C=O) groups excluding carboxylic acids is 3. The molecule has 0 radical (unpaired) electrons. The van der Waals surface area contributed by atoms with E-state index in [1.54, 1.807) is 18.2 Å². The Morgan fingerprint density at radius 3 is 2.46 bits per heavy atom. The summed E-state index contributed by atoms with van der Waals surface area (Å²) in [4.78, 5) is 43.0. The quantitative estimate of drug-likeness (QED) is 0.409. The Kier molecular flexibility index (Phi) is 6.87. The van der Waals surface area contributed by atoms with E-state index in [9.17, 15) is 18.8 Å². The summed E-state index contributed by atoms with van der Waals surface area (Å²) in [6.07, 6.45) is 8.48. The second kappa shape index (κ2) is 10.5. The number of esters is 1. The summed E-state index contributed by atoms with van der Waals surface area (Å²) in [7, 11) is 1.35. The molecule has 3 aromatic rings. The molecule has 1 saturated heterocycles. The standard InChI is InChI=1S/C31H34FN3O4/c1-39-31(38)21-10-12-23-26(16-21)35-19-28(37)34(18-27(36)33-14-6-3-7-15-33)25-13-11-22(32)17-24(25)30(35)29(23)20-8-4-2-5-9-20/h10-13,16-17,20H,2-9,14-15,18-19H2,1H3. The zero-order valence-corrected chi connectivity index (χ0v) is 22.4. The van der Waals surface area contributed by atoms with E-state index in [1.807, 2.05) is 15.5 Å². The van der Waals surface area contributed by atoms with Crippen molar-refractivity contribution in [3.8, 4) is 11.3 Å². The molecule has 39 heavy (non-hydrogen) atoms. The number of amides is 2. The number of hydrogen-bond donors (Lipinski definition) is 0. The van der Waals surface area contributed by atoms with Crippen molar-refractivity contribution in [2.45, 2.75) is 63.8 Å². The molecule has 2 aliphatic heterocycles. The van der Waals surface area contributed by atoms with E-state index in [0.717, 1.165) is 67.1 Å². The first-order valence-corrected chi connectivity index (χ1v) is 14.1. The lowest BCUT2D eigenvalue weighted by Gasteiger charge is -2.30. The minimum Gasteiger partial charge on any atom is -0.465 e. The van der Waals surface area contributed by atoms with Crippen LogP contribution in [0.1, 0.15) is 73.2 Å². The highest BCUT2D eigenvalue weighted by Crippen LogP contribution is 2.47. The molecular weight excluding hydrogens is 497 g/mol. The summed E-state index contributed by atoms with van der Waals surface area (Å²) in [5.74, 6) is -0.911. The predicted octanol–water partition coefficient (Wildman–Crippen LogP) is 5.64. The third kappa shape index (κ3) is 4.60. The fraction of sp³-hybridized carbons (Fsp3) is 0.452. The van der Waals surface area contributed by atoms with Gasteiger partial charge in [0.2, 0.25) is 11.8 Å². The van der Waals surface area contributed by atoms with Crippen LogP contribution >= 0.6 is 0 Å². The zero-order valence-electron chi connectivity index (χ0n) is 22.4. The number of methoxy groups -OCH3 is 1. The second-order valence-electron chi connectivity index (χ2n) is 11.0. The van der Waals surface area contributed by atoms with Gasteiger partial charge in [-0.2, -0.15) is 0 Å². The van der Waals surface area contributed by atoms with Crippen LogP contribution in [-0.4, -0.2) is 54.0 Å². The molecule has 204 valence electrons. The van der Waals surface area contributed by atoms with Crippen molar-refractivity contribution in [2.24, 2.45) is 0 Å². The van der Waals surface area contributed by atoms with E-state index >= 15 is 0 Å². The number of fused-ring (bicyclic) bond motifs is 5. The number of ether oxygens (including phenoxy) is 1. The van der Waals surface area contributed by atoms with Gasteiger partial charge in [-0.25, -0.2) is 9.18 Å². The minimum absolute atomic E-state index is 0.00718. The number of rotatable bonds is 4. The van der Waals surface area contributed by atoms with Crippen molar-refractivity contribution in [1.82, 2.24) is 9.47 Å². The maximum Gasteiger partial charge on any atom is 0.337 e. The van der Waals surface area contributed by atoms with Gasteiger partial charge in [-0.15, -0.1) is 0 Å². The lowest BCUT2D eigenvalue weighted by Crippen LogP contribution is -2.45. The highest BCUT2D eigenvalue weighted by atomic mass is 19.1. The Hall–Kier alpha value is -3.68. The number of hydrogen-bond acceptors (Lipinski definition) is 4. The average Bonchev–Trinajstić information content (AvgIpc) is 3.23. The molecule has 1 aromatic heterocycles. The number of halogens is 1. The number of anilines is 1. The normalized spacial score (nSPS) is 18.1. The van der Waals surface area contributed by atoms with Crippen molar-refractivity contribution in [2.75, 3.05) is 31.6 Å². The van der Waals surface area contributed by atoms with Crippen LogP contribution in [-0.2, 0) is 20.9 Å². The fourth-order valence-electron chi connectivity index (χ4n) is 6.72. The smallest absolute Gasteiger partial charge is 0.337 e. The Bertz CT molecular complexity index is 1450. The molecule has 1 aliphatic carbocycles. The summed E-state index contributed by atoms with van der Waals surface area (Å²) in [5, 5.41) is 0.977. The zero-order chi connectivity index (χ0) is 27.1. The summed E-state index contributed by atoms with van der Waals surface area (Å²) in [5.41, 5.74) is 4.23. The third-order valence-corrected chi connectivity index (χ3v) is 8.64. The SMILES string of the molecule is COC(=O)c1ccc2c(C3CCCCC3)c3n(c2c1)CC(=O)N(CC(=O)N1CCCCC1)c1ccc(F)cc1-3. The van der Waals surface area contributed by atoms with Crippen LogP contribution in [0.5, 0.6) is 0 Å². The molecule has 2 amide bonds. The molecule has 3 aliphatic rings. The van der Waals surface area contributed by atoms with Gasteiger partial charge in [0, 0.05) is 24.0 Å². The van der Waals surface area contributed by atoms with Gasteiger partial charge in [0.05, 0.1) is 29.6 Å². The number of carbonyl (C=O) groups is 3. The van der Waals surface area contributed by atoms with Gasteiger partial charge in [-0.1, -0.05) is 25.3 Å². The largest absolute Gasteiger partial charge is 0.465 e. The summed E-state index contributed by atoms with van der Waals surface area (Å²) < 4.78 is 21.8. The molecule has 6 rings (SSSR count). The van der Waals surface area contributed by atoms with Gasteiger partial charge in [0.15, 0.2) is 0 Å². The van der Waals surface area contributed by atoms with Crippen molar-refractivity contribution >= 4 is 34.4 Å². The highest BCUT2D eigenvalue weighted by Gasteiger charge is 2.35. The molecule has 0 atom stereocenters. The second-order valence-corrected chi connectivity index (χ2v) is 11.0. The summed E-state index contributed by atoms with van der Waals surface area (Å²) in [6.45, 7) is 1.31. The lowest BCUT2D eigenvalue weighted by atomic mass is 9.81. The third-order valence-electron chi connectivity index (χ3n) is 8.64. The molecule has 3 heterocycles. The molecule has 1 saturated carbocycles. The van der Waals surface area contributed by atoms with Crippen LogP contribution in [0.2, 0.25) is 0 Å². The first-order chi connectivity index (χ1) is 19.0. The monoisotopic (exact) mass is 531 g/mol. The van der Waals surface area contributed by atoms with Gasteiger partial charge in [-0.3, -0.25) is 9.59 Å². The Morgan fingerprint density at radius 2 is 1.72 bits per heavy atom. The Labute approximate surface area is 227 Å². The molecule has 0 N–H and O–H groups in total.